The van der Waals surface area contributed by atoms with Gasteiger partial charge in [-0.3, -0.25) is 4.79 Å². The maximum atomic E-state index is 11.3. The van der Waals surface area contributed by atoms with Crippen LogP contribution in [0.15, 0.2) is 48.5 Å². The number of ether oxygens (including phenoxy) is 1. The molecule has 4 heteroatoms. The maximum Gasteiger partial charge on any atom is 0.246 e. The number of carbonyl (C=O) groups excluding carboxylic acids is 1. The second kappa shape index (κ2) is 5.32. The average Bonchev–Trinajstić information content (AvgIpc) is 2.51. The van der Waals surface area contributed by atoms with E-state index in [9.17, 15) is 4.79 Å². The molecule has 0 spiro atoms. The highest BCUT2D eigenvalue weighted by atomic mass is 16.5. The Labute approximate surface area is 122 Å². The van der Waals surface area contributed by atoms with E-state index in [1.165, 1.54) is 6.92 Å². The van der Waals surface area contributed by atoms with Gasteiger partial charge in [-0.2, -0.15) is 5.10 Å². The number of carbonyl (C=O) groups is 1. The molecular formula is C17H14N2O2. The number of benzene rings is 2. The van der Waals surface area contributed by atoms with Crippen molar-refractivity contribution in [3.8, 4) is 11.6 Å². The van der Waals surface area contributed by atoms with Gasteiger partial charge in [-0.15, -0.1) is 5.10 Å². The quantitative estimate of drug-likeness (QED) is 0.681. The highest BCUT2D eigenvalue weighted by Gasteiger charge is 2.08. The molecule has 4 nitrogen and oxygen atoms in total. The fourth-order valence-corrected chi connectivity index (χ4v) is 2.16. The molecule has 3 aromatic rings. The van der Waals surface area contributed by atoms with Gasteiger partial charge in [0.2, 0.25) is 5.88 Å². The summed E-state index contributed by atoms with van der Waals surface area (Å²) in [5.74, 6) is 1.12. The summed E-state index contributed by atoms with van der Waals surface area (Å²) in [7, 11) is 0. The molecule has 0 amide bonds. The molecule has 0 saturated carbocycles. The lowest BCUT2D eigenvalue weighted by atomic mass is 10.1. The van der Waals surface area contributed by atoms with Crippen LogP contribution in [0, 0.1) is 6.92 Å². The topological polar surface area (TPSA) is 52.1 Å². The first-order valence-corrected chi connectivity index (χ1v) is 6.66. The zero-order valence-electron chi connectivity index (χ0n) is 11.8. The Hall–Kier alpha value is -2.75. The van der Waals surface area contributed by atoms with Crippen LogP contribution in [-0.2, 0) is 0 Å². The highest BCUT2D eigenvalue weighted by molar-refractivity contribution is 5.94. The van der Waals surface area contributed by atoms with Crippen LogP contribution in [-0.4, -0.2) is 16.0 Å². The SMILES string of the molecule is CC(=O)c1ccc(Oc2nnc(C)c3ccccc23)cc1. The predicted molar refractivity (Wildman–Crippen MR) is 80.8 cm³/mol. The molecule has 0 aliphatic heterocycles. The van der Waals surface area contributed by atoms with E-state index in [1.807, 2.05) is 31.2 Å². The van der Waals surface area contributed by atoms with Crippen molar-refractivity contribution in [1.29, 1.82) is 0 Å². The van der Waals surface area contributed by atoms with Crippen LogP contribution in [0.3, 0.4) is 0 Å². The van der Waals surface area contributed by atoms with Gasteiger partial charge in [-0.25, -0.2) is 0 Å². The number of ketones is 1. The van der Waals surface area contributed by atoms with Crippen LogP contribution in [0.5, 0.6) is 11.6 Å². The summed E-state index contributed by atoms with van der Waals surface area (Å²) in [5.41, 5.74) is 1.52. The minimum Gasteiger partial charge on any atom is -0.437 e. The van der Waals surface area contributed by atoms with Crippen molar-refractivity contribution in [2.45, 2.75) is 13.8 Å². The number of rotatable bonds is 3. The van der Waals surface area contributed by atoms with E-state index >= 15 is 0 Å². The number of hydrogen-bond donors (Lipinski definition) is 0. The third-order valence-electron chi connectivity index (χ3n) is 3.31. The lowest BCUT2D eigenvalue weighted by Gasteiger charge is -2.08. The van der Waals surface area contributed by atoms with Gasteiger partial charge >= 0.3 is 0 Å². The minimum atomic E-state index is 0.0297. The van der Waals surface area contributed by atoms with Crippen molar-refractivity contribution in [3.63, 3.8) is 0 Å². The average molecular weight is 278 g/mol. The number of fused-ring (bicyclic) bond motifs is 1. The largest absolute Gasteiger partial charge is 0.437 e. The van der Waals surface area contributed by atoms with Crippen molar-refractivity contribution in [2.24, 2.45) is 0 Å². The monoisotopic (exact) mass is 278 g/mol. The Balaban J connectivity index is 1.98. The summed E-state index contributed by atoms with van der Waals surface area (Å²) in [4.78, 5) is 11.3. The smallest absolute Gasteiger partial charge is 0.246 e. The number of aryl methyl sites for hydroxylation is 1. The number of hydrogen-bond acceptors (Lipinski definition) is 4. The van der Waals surface area contributed by atoms with E-state index in [2.05, 4.69) is 10.2 Å². The van der Waals surface area contributed by atoms with Gasteiger partial charge in [0, 0.05) is 16.3 Å². The molecular weight excluding hydrogens is 264 g/mol. The van der Waals surface area contributed by atoms with Crippen LogP contribution in [0.2, 0.25) is 0 Å². The fourth-order valence-electron chi connectivity index (χ4n) is 2.16. The Morgan fingerprint density at radius 1 is 0.952 bits per heavy atom. The number of nitrogens with zero attached hydrogens (tertiary/aromatic N) is 2. The Bertz CT molecular complexity index is 811. The number of Topliss-reactive ketones (excluding diaryl/α,β-unsaturated/α-hetero) is 1. The van der Waals surface area contributed by atoms with Gasteiger partial charge in [0.15, 0.2) is 5.78 Å². The summed E-state index contributed by atoms with van der Waals surface area (Å²) in [6, 6.07) is 14.8. The molecule has 2 aromatic carbocycles. The summed E-state index contributed by atoms with van der Waals surface area (Å²) >= 11 is 0. The molecule has 21 heavy (non-hydrogen) atoms. The summed E-state index contributed by atoms with van der Waals surface area (Å²) in [5, 5.41) is 10.2. The van der Waals surface area contributed by atoms with Gasteiger partial charge in [0.1, 0.15) is 5.75 Å². The second-order valence-corrected chi connectivity index (χ2v) is 4.82. The van der Waals surface area contributed by atoms with Gasteiger partial charge in [0.05, 0.1) is 5.69 Å². The standard InChI is InChI=1S/C17H14N2O2/c1-11-15-5-3-4-6-16(15)17(19-18-11)21-14-9-7-13(8-10-14)12(2)20/h3-10H,1-2H3. The molecule has 3 rings (SSSR count). The van der Waals surface area contributed by atoms with Gasteiger partial charge in [0.25, 0.3) is 0 Å². The van der Waals surface area contributed by atoms with Crippen LogP contribution in [0.4, 0.5) is 0 Å². The van der Waals surface area contributed by atoms with Gasteiger partial charge in [-0.1, -0.05) is 18.2 Å². The van der Waals surface area contributed by atoms with Crippen LogP contribution in [0.1, 0.15) is 23.0 Å². The van der Waals surface area contributed by atoms with Gasteiger partial charge in [-0.05, 0) is 44.2 Å². The first kappa shape index (κ1) is 13.2. The Morgan fingerprint density at radius 3 is 2.29 bits per heavy atom. The number of aromatic nitrogens is 2. The first-order valence-electron chi connectivity index (χ1n) is 6.66. The molecule has 0 unspecified atom stereocenters. The van der Waals surface area contributed by atoms with E-state index in [4.69, 9.17) is 4.74 Å². The zero-order chi connectivity index (χ0) is 14.8. The van der Waals surface area contributed by atoms with Crippen molar-refractivity contribution in [3.05, 3.63) is 59.8 Å². The highest BCUT2D eigenvalue weighted by Crippen LogP contribution is 2.28. The van der Waals surface area contributed by atoms with E-state index in [-0.39, 0.29) is 5.78 Å². The fraction of sp³-hybridized carbons (Fsp3) is 0.118. The van der Waals surface area contributed by atoms with E-state index in [0.29, 0.717) is 17.2 Å². The molecule has 0 atom stereocenters. The van der Waals surface area contributed by atoms with E-state index in [1.54, 1.807) is 24.3 Å². The molecule has 104 valence electrons. The Kier molecular flexibility index (Phi) is 3.36. The second-order valence-electron chi connectivity index (χ2n) is 4.82. The summed E-state index contributed by atoms with van der Waals surface area (Å²) in [6.45, 7) is 3.45. The molecule has 1 heterocycles. The van der Waals surface area contributed by atoms with Crippen molar-refractivity contribution < 1.29 is 9.53 Å². The van der Waals surface area contributed by atoms with E-state index < -0.39 is 0 Å². The van der Waals surface area contributed by atoms with Crippen molar-refractivity contribution in [2.75, 3.05) is 0 Å². The molecule has 0 aliphatic rings. The molecule has 0 aliphatic carbocycles. The maximum absolute atomic E-state index is 11.3. The normalized spacial score (nSPS) is 10.6. The Morgan fingerprint density at radius 2 is 1.62 bits per heavy atom. The zero-order valence-corrected chi connectivity index (χ0v) is 11.8. The first-order chi connectivity index (χ1) is 10.1. The van der Waals surface area contributed by atoms with Crippen LogP contribution >= 0.6 is 0 Å². The van der Waals surface area contributed by atoms with E-state index in [0.717, 1.165) is 16.5 Å². The van der Waals surface area contributed by atoms with Crippen LogP contribution < -0.4 is 4.74 Å². The summed E-state index contributed by atoms with van der Waals surface area (Å²) < 4.78 is 5.80. The van der Waals surface area contributed by atoms with Crippen LogP contribution in [0.25, 0.3) is 10.8 Å². The minimum absolute atomic E-state index is 0.0297. The molecule has 0 fully saturated rings. The molecule has 0 radical (unpaired) electrons. The van der Waals surface area contributed by atoms with Crippen molar-refractivity contribution in [1.82, 2.24) is 10.2 Å². The summed E-state index contributed by atoms with van der Waals surface area (Å²) in [6.07, 6.45) is 0. The third kappa shape index (κ3) is 2.60. The molecule has 0 saturated heterocycles. The molecule has 0 bridgehead atoms. The van der Waals surface area contributed by atoms with Crippen molar-refractivity contribution >= 4 is 16.6 Å². The third-order valence-corrected chi connectivity index (χ3v) is 3.31. The lowest BCUT2D eigenvalue weighted by Crippen LogP contribution is -1.96. The predicted octanol–water partition coefficient (Wildman–Crippen LogP) is 3.93. The molecule has 1 aromatic heterocycles. The molecule has 0 N–H and O–H groups in total. The van der Waals surface area contributed by atoms with Gasteiger partial charge < -0.3 is 4.74 Å². The lowest BCUT2D eigenvalue weighted by molar-refractivity contribution is 0.101.